The lowest BCUT2D eigenvalue weighted by Gasteiger charge is -2.00. The molecule has 0 bridgehead atoms. The molecule has 0 aromatic carbocycles. The van der Waals surface area contributed by atoms with Crippen LogP contribution in [-0.2, 0) is 6.00 Å². The van der Waals surface area contributed by atoms with E-state index < -0.39 is 11.2 Å². The molecule has 0 amide bonds. The quantitative estimate of drug-likeness (QED) is 0.436. The van der Waals surface area contributed by atoms with E-state index in [-0.39, 0.29) is 6.00 Å². The molecule has 2 N–H and O–H groups in total. The molecule has 0 spiro atoms. The smallest absolute Gasteiger partial charge is 0.335 e. The van der Waals surface area contributed by atoms with Crippen LogP contribution in [0.15, 0.2) is 21.9 Å². The van der Waals surface area contributed by atoms with Crippen molar-refractivity contribution in [3.05, 3.63) is 33.1 Å². The summed E-state index contributed by atoms with van der Waals surface area (Å²) in [5.41, 5.74) is -1.07. The second-order valence-electron chi connectivity index (χ2n) is 1.89. The summed E-state index contributed by atoms with van der Waals surface area (Å²) < 4.78 is 1.62. The molecule has 0 aliphatic carbocycles. The van der Waals surface area contributed by atoms with E-state index in [1.807, 2.05) is 0 Å². The van der Waals surface area contributed by atoms with E-state index in [0.717, 1.165) is 9.24 Å². The highest BCUT2D eigenvalue weighted by atomic mass is 35.5. The Hall–Kier alpha value is -1.23. The molecular formula is C5H6ClN3O2. The van der Waals surface area contributed by atoms with E-state index in [1.165, 1.54) is 12.3 Å². The van der Waals surface area contributed by atoms with Crippen LogP contribution < -0.4 is 17.1 Å². The van der Waals surface area contributed by atoms with E-state index in [1.54, 1.807) is 0 Å². The van der Waals surface area contributed by atoms with Crippen molar-refractivity contribution in [2.24, 2.45) is 0 Å². The van der Waals surface area contributed by atoms with Crippen molar-refractivity contribution in [2.75, 3.05) is 5.84 Å². The van der Waals surface area contributed by atoms with Gasteiger partial charge in [0.1, 0.15) is 6.00 Å². The predicted molar refractivity (Wildman–Crippen MR) is 41.0 cm³/mol. The van der Waals surface area contributed by atoms with Gasteiger partial charge >= 0.3 is 5.69 Å². The number of halogens is 1. The molecule has 1 aromatic rings. The number of nitrogens with zero attached hydrogens (tertiary/aromatic N) is 2. The van der Waals surface area contributed by atoms with Crippen molar-refractivity contribution in [1.29, 1.82) is 0 Å². The van der Waals surface area contributed by atoms with Crippen LogP contribution >= 0.6 is 11.6 Å². The Balaban J connectivity index is 3.55. The predicted octanol–water partition coefficient (Wildman–Crippen LogP) is -1.08. The van der Waals surface area contributed by atoms with Crippen molar-refractivity contribution >= 4 is 11.6 Å². The zero-order chi connectivity index (χ0) is 8.43. The molecule has 5 nitrogen and oxygen atoms in total. The van der Waals surface area contributed by atoms with Crippen LogP contribution in [0.1, 0.15) is 0 Å². The molecule has 0 radical (unpaired) electrons. The summed E-state index contributed by atoms with van der Waals surface area (Å²) in [5.74, 6) is 5.15. The Morgan fingerprint density at radius 2 is 2.18 bits per heavy atom. The van der Waals surface area contributed by atoms with Gasteiger partial charge in [-0.15, -0.1) is 11.6 Å². The van der Waals surface area contributed by atoms with Crippen LogP contribution in [0.3, 0.4) is 0 Å². The van der Waals surface area contributed by atoms with Gasteiger partial charge in [-0.3, -0.25) is 4.79 Å². The van der Waals surface area contributed by atoms with Crippen molar-refractivity contribution in [3.8, 4) is 0 Å². The average molecular weight is 176 g/mol. The van der Waals surface area contributed by atoms with Crippen molar-refractivity contribution in [2.45, 2.75) is 6.00 Å². The maximum absolute atomic E-state index is 10.9. The number of rotatable bonds is 1. The van der Waals surface area contributed by atoms with Crippen molar-refractivity contribution < 1.29 is 0 Å². The van der Waals surface area contributed by atoms with Crippen LogP contribution in [0.25, 0.3) is 0 Å². The van der Waals surface area contributed by atoms with E-state index in [0.29, 0.717) is 0 Å². The highest BCUT2D eigenvalue weighted by Gasteiger charge is 1.99. The van der Waals surface area contributed by atoms with Gasteiger partial charge in [0.05, 0.1) is 0 Å². The van der Waals surface area contributed by atoms with Gasteiger partial charge in [0.15, 0.2) is 0 Å². The molecule has 11 heavy (non-hydrogen) atoms. The molecular weight excluding hydrogens is 170 g/mol. The Bertz CT molecular complexity index is 367. The van der Waals surface area contributed by atoms with Crippen molar-refractivity contribution in [1.82, 2.24) is 9.24 Å². The molecule has 0 saturated heterocycles. The third kappa shape index (κ3) is 1.27. The zero-order valence-corrected chi connectivity index (χ0v) is 6.28. The van der Waals surface area contributed by atoms with Crippen LogP contribution in [0.4, 0.5) is 0 Å². The lowest BCUT2D eigenvalue weighted by molar-refractivity contribution is 0.696. The lowest BCUT2D eigenvalue weighted by atomic mass is 10.6. The van der Waals surface area contributed by atoms with E-state index in [9.17, 15) is 9.59 Å². The monoisotopic (exact) mass is 175 g/mol. The molecule has 1 rings (SSSR count). The number of nitrogens with two attached hydrogens (primary N) is 1. The third-order valence-corrected chi connectivity index (χ3v) is 1.45. The second kappa shape index (κ2) is 2.79. The molecule has 6 heteroatoms. The summed E-state index contributed by atoms with van der Waals surface area (Å²) in [5, 5.41) is 0. The first-order valence-electron chi connectivity index (χ1n) is 2.80. The topological polar surface area (TPSA) is 70.0 Å². The summed E-state index contributed by atoms with van der Waals surface area (Å²) in [6.07, 6.45) is 1.19. The van der Waals surface area contributed by atoms with Crippen molar-refractivity contribution in [3.63, 3.8) is 0 Å². The van der Waals surface area contributed by atoms with Gasteiger partial charge in [0, 0.05) is 12.3 Å². The second-order valence-corrected chi connectivity index (χ2v) is 2.13. The highest BCUT2D eigenvalue weighted by molar-refractivity contribution is 6.15. The largest absolute Gasteiger partial charge is 0.350 e. The average Bonchev–Trinajstić information content (AvgIpc) is 1.99. The summed E-state index contributed by atoms with van der Waals surface area (Å²) in [6.45, 7) is 0. The number of alkyl halides is 1. The van der Waals surface area contributed by atoms with Crippen LogP contribution in [0.5, 0.6) is 0 Å². The zero-order valence-electron chi connectivity index (χ0n) is 5.53. The Morgan fingerprint density at radius 3 is 2.64 bits per heavy atom. The van der Waals surface area contributed by atoms with E-state index >= 15 is 0 Å². The summed E-state index contributed by atoms with van der Waals surface area (Å²) in [7, 11) is 0. The molecule has 0 saturated carbocycles. The number of aromatic nitrogens is 2. The van der Waals surface area contributed by atoms with Crippen LogP contribution in [0.2, 0.25) is 0 Å². The SMILES string of the molecule is Nn1ccc(=O)n(CCl)c1=O. The lowest BCUT2D eigenvalue weighted by Crippen LogP contribution is -2.41. The van der Waals surface area contributed by atoms with Crippen LogP contribution in [0, 0.1) is 0 Å². The Morgan fingerprint density at radius 1 is 1.55 bits per heavy atom. The fourth-order valence-corrected chi connectivity index (χ4v) is 0.862. The van der Waals surface area contributed by atoms with Gasteiger partial charge in [-0.25, -0.2) is 14.0 Å². The summed E-state index contributed by atoms with van der Waals surface area (Å²) >= 11 is 5.30. The van der Waals surface area contributed by atoms with Gasteiger partial charge in [-0.1, -0.05) is 0 Å². The van der Waals surface area contributed by atoms with Gasteiger partial charge in [0.25, 0.3) is 5.56 Å². The van der Waals surface area contributed by atoms with E-state index in [4.69, 9.17) is 17.4 Å². The Kier molecular flexibility index (Phi) is 2.00. The fraction of sp³-hybridized carbons (Fsp3) is 0.200. The first-order valence-corrected chi connectivity index (χ1v) is 3.34. The minimum Gasteiger partial charge on any atom is -0.335 e. The normalized spacial score (nSPS) is 9.91. The van der Waals surface area contributed by atoms with Gasteiger partial charge < -0.3 is 5.84 Å². The molecule has 1 heterocycles. The number of nitrogen functional groups attached to an aromatic ring is 1. The van der Waals surface area contributed by atoms with Gasteiger partial charge in [0.2, 0.25) is 0 Å². The maximum Gasteiger partial charge on any atom is 0.350 e. The third-order valence-electron chi connectivity index (χ3n) is 1.22. The molecule has 0 aliphatic heterocycles. The Labute approximate surface area is 66.6 Å². The van der Waals surface area contributed by atoms with Crippen LogP contribution in [-0.4, -0.2) is 9.24 Å². The molecule has 0 unspecified atom stereocenters. The molecule has 0 fully saturated rings. The van der Waals surface area contributed by atoms with Gasteiger partial charge in [-0.05, 0) is 0 Å². The molecule has 1 aromatic heterocycles. The van der Waals surface area contributed by atoms with E-state index in [2.05, 4.69) is 0 Å². The minimum atomic E-state index is -0.618. The minimum absolute atomic E-state index is 0.185. The first kappa shape index (κ1) is 7.87. The standard InChI is InChI=1S/C5H6ClN3O2/c6-3-8-4(10)1-2-9(7)5(8)11/h1-2H,3,7H2. The number of hydrogen-bond acceptors (Lipinski definition) is 3. The summed E-state index contributed by atoms with van der Waals surface area (Å²) in [6, 6.07) is 0.986. The fourth-order valence-electron chi connectivity index (χ4n) is 0.641. The molecule has 0 aliphatic rings. The first-order chi connectivity index (χ1) is 5.16. The number of hydrogen-bond donors (Lipinski definition) is 1. The molecule has 0 atom stereocenters. The molecule has 60 valence electrons. The highest BCUT2D eigenvalue weighted by Crippen LogP contribution is 1.76. The summed E-state index contributed by atoms with van der Waals surface area (Å²) in [4.78, 5) is 21.8. The maximum atomic E-state index is 10.9. The van der Waals surface area contributed by atoms with Gasteiger partial charge in [-0.2, -0.15) is 0 Å².